The molecule has 0 aliphatic heterocycles. The summed E-state index contributed by atoms with van der Waals surface area (Å²) in [4.78, 5) is 12.1. The lowest BCUT2D eigenvalue weighted by molar-refractivity contribution is -0.137. The highest BCUT2D eigenvalue weighted by atomic mass is 32.2. The molecule has 0 bridgehead atoms. The average Bonchev–Trinajstić information content (AvgIpc) is 3.12. The Morgan fingerprint density at radius 1 is 1.00 bits per heavy atom. The van der Waals surface area contributed by atoms with E-state index in [2.05, 4.69) is 48.2 Å². The number of unbranched alkanes of at least 4 members (excludes halogenated alkanes) is 3. The molecule has 134 valence electrons. The molecule has 2 aromatic rings. The van der Waals surface area contributed by atoms with Gasteiger partial charge in [0.15, 0.2) is 0 Å². The number of aryl methyl sites for hydroxylation is 1. The highest BCUT2D eigenvalue weighted by molar-refractivity contribution is 8.00. The Morgan fingerprint density at radius 3 is 2.56 bits per heavy atom. The van der Waals surface area contributed by atoms with Crippen molar-refractivity contribution in [2.45, 2.75) is 74.4 Å². The normalized spacial score (nSPS) is 15.0. The number of fused-ring (bicyclic) bond motifs is 1. The van der Waals surface area contributed by atoms with E-state index < -0.39 is 5.97 Å². The maximum Gasteiger partial charge on any atom is 0.303 e. The van der Waals surface area contributed by atoms with Crippen molar-refractivity contribution < 1.29 is 9.90 Å². The van der Waals surface area contributed by atoms with E-state index in [1.165, 1.54) is 46.9 Å². The molecule has 0 heterocycles. The first-order valence-electron chi connectivity index (χ1n) is 9.63. The molecule has 0 aromatic heterocycles. The summed E-state index contributed by atoms with van der Waals surface area (Å²) in [7, 11) is 0. The number of rotatable bonds is 9. The lowest BCUT2D eigenvalue weighted by Gasteiger charge is -2.16. The molecule has 0 atom stereocenters. The van der Waals surface area contributed by atoms with Crippen LogP contribution in [0, 0.1) is 0 Å². The van der Waals surface area contributed by atoms with E-state index in [1.54, 1.807) is 0 Å². The third kappa shape index (κ3) is 5.24. The molecule has 3 heteroatoms. The number of carboxylic acid groups (broad SMARTS) is 1. The number of hydrogen-bond acceptors (Lipinski definition) is 2. The van der Waals surface area contributed by atoms with E-state index in [1.807, 2.05) is 0 Å². The molecule has 3 rings (SSSR count). The zero-order valence-electron chi connectivity index (χ0n) is 14.9. The molecule has 0 unspecified atom stereocenters. The first-order valence-corrected chi connectivity index (χ1v) is 10.5. The van der Waals surface area contributed by atoms with Gasteiger partial charge in [-0.2, -0.15) is 0 Å². The minimum absolute atomic E-state index is 0.303. The van der Waals surface area contributed by atoms with Crippen LogP contribution in [-0.4, -0.2) is 16.3 Å². The van der Waals surface area contributed by atoms with E-state index >= 15 is 0 Å². The molecule has 0 radical (unpaired) electrons. The van der Waals surface area contributed by atoms with Gasteiger partial charge in [-0.05, 0) is 54.5 Å². The smallest absolute Gasteiger partial charge is 0.303 e. The average molecular weight is 357 g/mol. The first kappa shape index (κ1) is 18.3. The first-order chi connectivity index (χ1) is 12.2. The number of thioether (sulfide) groups is 1. The summed E-state index contributed by atoms with van der Waals surface area (Å²) in [5.74, 6) is -0.677. The standard InChI is InChI=1S/C22H28O2S/c23-22(24)14-4-2-1-3-13-20-19-12-8-5-9-17(19)15-16-21(20)25-18-10-6-7-11-18/h5,8-9,12,15-16,18H,1-4,6-7,10-11,13-14H2,(H,23,24). The van der Waals surface area contributed by atoms with Crippen LogP contribution in [0.4, 0.5) is 0 Å². The number of carbonyl (C=O) groups is 1. The molecule has 1 saturated carbocycles. The largest absolute Gasteiger partial charge is 0.481 e. The second kappa shape index (κ2) is 9.28. The third-order valence-corrected chi connectivity index (χ3v) is 6.60. The van der Waals surface area contributed by atoms with Crippen molar-refractivity contribution in [2.75, 3.05) is 0 Å². The van der Waals surface area contributed by atoms with Crippen LogP contribution in [0.1, 0.15) is 63.4 Å². The molecule has 0 amide bonds. The van der Waals surface area contributed by atoms with Gasteiger partial charge in [-0.25, -0.2) is 0 Å². The van der Waals surface area contributed by atoms with Crippen LogP contribution in [0.3, 0.4) is 0 Å². The van der Waals surface area contributed by atoms with Gasteiger partial charge in [0.25, 0.3) is 0 Å². The van der Waals surface area contributed by atoms with Crippen LogP contribution in [0.25, 0.3) is 10.8 Å². The summed E-state index contributed by atoms with van der Waals surface area (Å²) in [6, 6.07) is 13.3. The van der Waals surface area contributed by atoms with Crippen molar-refractivity contribution in [3.8, 4) is 0 Å². The monoisotopic (exact) mass is 356 g/mol. The Morgan fingerprint density at radius 2 is 1.76 bits per heavy atom. The number of hydrogen-bond donors (Lipinski definition) is 1. The molecule has 2 aromatic carbocycles. The maximum absolute atomic E-state index is 10.6. The lowest BCUT2D eigenvalue weighted by Crippen LogP contribution is -1.98. The zero-order valence-corrected chi connectivity index (χ0v) is 15.7. The molecular weight excluding hydrogens is 328 g/mol. The summed E-state index contributed by atoms with van der Waals surface area (Å²) < 4.78 is 0. The summed E-state index contributed by atoms with van der Waals surface area (Å²) in [6.07, 6.45) is 10.9. The van der Waals surface area contributed by atoms with Crippen molar-refractivity contribution in [1.82, 2.24) is 0 Å². The summed E-state index contributed by atoms with van der Waals surface area (Å²) >= 11 is 2.09. The molecule has 25 heavy (non-hydrogen) atoms. The van der Waals surface area contributed by atoms with Crippen molar-refractivity contribution in [3.05, 3.63) is 42.0 Å². The third-order valence-electron chi connectivity index (χ3n) is 5.16. The van der Waals surface area contributed by atoms with Gasteiger partial charge >= 0.3 is 5.97 Å². The fourth-order valence-electron chi connectivity index (χ4n) is 3.80. The van der Waals surface area contributed by atoms with Crippen LogP contribution in [0.2, 0.25) is 0 Å². The van der Waals surface area contributed by atoms with E-state index in [-0.39, 0.29) is 0 Å². The van der Waals surface area contributed by atoms with E-state index in [0.29, 0.717) is 6.42 Å². The van der Waals surface area contributed by atoms with Gasteiger partial charge in [-0.3, -0.25) is 4.79 Å². The number of aliphatic carboxylic acids is 1. The van der Waals surface area contributed by atoms with Gasteiger partial charge in [0.2, 0.25) is 0 Å². The Bertz CT molecular complexity index is 704. The minimum Gasteiger partial charge on any atom is -0.481 e. The van der Waals surface area contributed by atoms with Gasteiger partial charge in [0.1, 0.15) is 0 Å². The fraction of sp³-hybridized carbons (Fsp3) is 0.500. The molecular formula is C22H28O2S. The molecule has 0 spiro atoms. The van der Waals surface area contributed by atoms with E-state index in [4.69, 9.17) is 5.11 Å². The lowest BCUT2D eigenvalue weighted by atomic mass is 9.99. The quantitative estimate of drug-likeness (QED) is 0.524. The van der Waals surface area contributed by atoms with Gasteiger partial charge < -0.3 is 5.11 Å². The van der Waals surface area contributed by atoms with Gasteiger partial charge in [0, 0.05) is 16.6 Å². The van der Waals surface area contributed by atoms with Gasteiger partial charge in [0.05, 0.1) is 0 Å². The zero-order chi connectivity index (χ0) is 17.5. The second-order valence-electron chi connectivity index (χ2n) is 7.10. The van der Waals surface area contributed by atoms with E-state index in [0.717, 1.165) is 37.4 Å². The van der Waals surface area contributed by atoms with Crippen LogP contribution in [0.15, 0.2) is 41.3 Å². The Kier molecular flexibility index (Phi) is 6.80. The van der Waals surface area contributed by atoms with Crippen LogP contribution < -0.4 is 0 Å². The van der Waals surface area contributed by atoms with E-state index in [9.17, 15) is 4.79 Å². The molecule has 2 nitrogen and oxygen atoms in total. The molecule has 1 N–H and O–H groups in total. The molecule has 1 aliphatic carbocycles. The Balaban J connectivity index is 1.67. The Labute approximate surface area is 155 Å². The van der Waals surface area contributed by atoms with Gasteiger partial charge in [-0.15, -0.1) is 11.8 Å². The molecule has 1 aliphatic rings. The second-order valence-corrected chi connectivity index (χ2v) is 8.44. The number of benzene rings is 2. The minimum atomic E-state index is -0.677. The molecule has 1 fully saturated rings. The summed E-state index contributed by atoms with van der Waals surface area (Å²) in [5.41, 5.74) is 1.51. The fourth-order valence-corrected chi connectivity index (χ4v) is 5.23. The van der Waals surface area contributed by atoms with Crippen molar-refractivity contribution in [2.24, 2.45) is 0 Å². The Hall–Kier alpha value is -1.48. The van der Waals surface area contributed by atoms with Crippen molar-refractivity contribution in [3.63, 3.8) is 0 Å². The SMILES string of the molecule is O=C(O)CCCCCCc1c(SC2CCCC2)ccc2ccccc12. The van der Waals surface area contributed by atoms with Crippen molar-refractivity contribution in [1.29, 1.82) is 0 Å². The highest BCUT2D eigenvalue weighted by Crippen LogP contribution is 2.39. The van der Waals surface area contributed by atoms with Gasteiger partial charge in [-0.1, -0.05) is 56.0 Å². The predicted molar refractivity (Wildman–Crippen MR) is 106 cm³/mol. The summed E-state index contributed by atoms with van der Waals surface area (Å²) in [6.45, 7) is 0. The number of carboxylic acids is 1. The maximum atomic E-state index is 10.6. The highest BCUT2D eigenvalue weighted by Gasteiger charge is 2.18. The van der Waals surface area contributed by atoms with Crippen LogP contribution >= 0.6 is 11.8 Å². The predicted octanol–water partition coefficient (Wildman–Crippen LogP) is 6.45. The molecule has 0 saturated heterocycles. The van der Waals surface area contributed by atoms with Crippen molar-refractivity contribution >= 4 is 28.5 Å². The topological polar surface area (TPSA) is 37.3 Å². The summed E-state index contributed by atoms with van der Waals surface area (Å²) in [5, 5.41) is 12.3. The van der Waals surface area contributed by atoms with Crippen LogP contribution in [-0.2, 0) is 11.2 Å². The van der Waals surface area contributed by atoms with Crippen LogP contribution in [0.5, 0.6) is 0 Å².